The lowest BCUT2D eigenvalue weighted by molar-refractivity contribution is -0.126. The average Bonchev–Trinajstić information content (AvgIpc) is 3.11. The maximum Gasteiger partial charge on any atom is 0.223 e. The van der Waals surface area contributed by atoms with Gasteiger partial charge in [0.2, 0.25) is 5.91 Å². The molecule has 1 aromatic heterocycles. The molecule has 1 atom stereocenters. The molecule has 5 heteroatoms. The monoisotopic (exact) mass is 323 g/mol. The van der Waals surface area contributed by atoms with Gasteiger partial charge in [0, 0.05) is 32.5 Å². The van der Waals surface area contributed by atoms with Gasteiger partial charge in [-0.15, -0.1) is 0 Å². The van der Waals surface area contributed by atoms with Gasteiger partial charge in [0.25, 0.3) is 0 Å². The minimum absolute atomic E-state index is 0.0929. The van der Waals surface area contributed by atoms with E-state index in [0.717, 1.165) is 22.4 Å². The number of likely N-dealkylation sites (tertiary alicyclic amines) is 1. The number of hydrogen-bond donors (Lipinski definition) is 0. The lowest BCUT2D eigenvalue weighted by Crippen LogP contribution is -2.19. The highest BCUT2D eigenvalue weighted by atomic mass is 19.1. The quantitative estimate of drug-likeness (QED) is 0.742. The predicted octanol–water partition coefficient (Wildman–Crippen LogP) is 3.17. The van der Waals surface area contributed by atoms with Gasteiger partial charge >= 0.3 is 0 Å². The van der Waals surface area contributed by atoms with Crippen LogP contribution in [0.15, 0.2) is 48.5 Å². The van der Waals surface area contributed by atoms with E-state index in [4.69, 9.17) is 4.98 Å². The van der Waals surface area contributed by atoms with Crippen LogP contribution in [0.2, 0.25) is 0 Å². The number of carbonyl (C=O) groups excluding carboxylic acids is 1. The number of carbonyl (C=O) groups is 1. The van der Waals surface area contributed by atoms with Crippen LogP contribution in [0.3, 0.4) is 0 Å². The molecule has 4 rings (SSSR count). The number of hydrogen-bond acceptors (Lipinski definition) is 2. The maximum atomic E-state index is 13.2. The molecule has 0 aliphatic carbocycles. The number of amides is 1. The summed E-state index contributed by atoms with van der Waals surface area (Å²) in [4.78, 5) is 18.5. The molecule has 4 nitrogen and oxygen atoms in total. The van der Waals surface area contributed by atoms with Crippen LogP contribution >= 0.6 is 0 Å². The first kappa shape index (κ1) is 14.9. The molecule has 1 aliphatic heterocycles. The normalized spacial score (nSPS) is 17.8. The topological polar surface area (TPSA) is 38.1 Å². The number of fused-ring (bicyclic) bond motifs is 1. The fourth-order valence-corrected chi connectivity index (χ4v) is 3.38. The summed E-state index contributed by atoms with van der Waals surface area (Å²) in [5.41, 5.74) is 2.98. The molecule has 1 amide bonds. The number of aromatic nitrogens is 2. The summed E-state index contributed by atoms with van der Waals surface area (Å²) < 4.78 is 15.3. The minimum Gasteiger partial charge on any atom is -0.345 e. The van der Waals surface area contributed by atoms with E-state index in [-0.39, 0.29) is 17.6 Å². The van der Waals surface area contributed by atoms with Gasteiger partial charge in [-0.05, 0) is 29.8 Å². The summed E-state index contributed by atoms with van der Waals surface area (Å²) in [5.74, 6) is 0.937. The van der Waals surface area contributed by atoms with E-state index in [9.17, 15) is 9.18 Å². The van der Waals surface area contributed by atoms with Crippen LogP contribution in [0.25, 0.3) is 11.0 Å². The van der Waals surface area contributed by atoms with Crippen molar-refractivity contribution in [2.24, 2.45) is 0 Å². The van der Waals surface area contributed by atoms with E-state index in [1.54, 1.807) is 17.0 Å². The lowest BCUT2D eigenvalue weighted by Gasteiger charge is -2.14. The van der Waals surface area contributed by atoms with Gasteiger partial charge in [0.15, 0.2) is 0 Å². The van der Waals surface area contributed by atoms with Crippen LogP contribution in [-0.2, 0) is 11.3 Å². The van der Waals surface area contributed by atoms with Crippen molar-refractivity contribution in [1.82, 2.24) is 14.5 Å². The molecule has 1 aliphatic rings. The smallest absolute Gasteiger partial charge is 0.223 e. The molecule has 0 radical (unpaired) electrons. The Bertz CT molecular complexity index is 901. The maximum absolute atomic E-state index is 13.2. The molecule has 0 saturated carbocycles. The molecule has 1 saturated heterocycles. The number of benzene rings is 2. The number of likely N-dealkylation sites (N-methyl/N-ethyl adjacent to an activating group) is 1. The van der Waals surface area contributed by atoms with E-state index in [0.29, 0.717) is 19.5 Å². The van der Waals surface area contributed by atoms with Crippen LogP contribution in [0.4, 0.5) is 4.39 Å². The van der Waals surface area contributed by atoms with Crippen molar-refractivity contribution in [2.45, 2.75) is 18.9 Å². The molecule has 1 unspecified atom stereocenters. The number of imidazole rings is 1. The molecule has 2 heterocycles. The van der Waals surface area contributed by atoms with Gasteiger partial charge in [0.05, 0.1) is 11.0 Å². The standard InChI is InChI=1S/C19H18FN3O/c1-22-12-14(10-18(22)24)19-21-16-4-2-3-5-17(16)23(19)11-13-6-8-15(20)9-7-13/h2-9,14H,10-12H2,1H3. The molecule has 0 N–H and O–H groups in total. The zero-order valence-corrected chi connectivity index (χ0v) is 13.4. The lowest BCUT2D eigenvalue weighted by atomic mass is 10.1. The Labute approximate surface area is 139 Å². The molecule has 0 bridgehead atoms. The first-order valence-electron chi connectivity index (χ1n) is 8.05. The fourth-order valence-electron chi connectivity index (χ4n) is 3.38. The van der Waals surface area contributed by atoms with E-state index < -0.39 is 0 Å². The van der Waals surface area contributed by atoms with E-state index in [1.807, 2.05) is 31.3 Å². The second-order valence-corrected chi connectivity index (χ2v) is 6.35. The van der Waals surface area contributed by atoms with E-state index in [2.05, 4.69) is 4.57 Å². The SMILES string of the molecule is CN1CC(c2nc3ccccc3n2Cc2ccc(F)cc2)CC1=O. The summed E-state index contributed by atoms with van der Waals surface area (Å²) in [6.07, 6.45) is 0.489. The van der Waals surface area contributed by atoms with Gasteiger partial charge in [-0.25, -0.2) is 9.37 Å². The molecule has 3 aromatic rings. The predicted molar refractivity (Wildman–Crippen MR) is 90.2 cm³/mol. The molecular formula is C19H18FN3O. The van der Waals surface area contributed by atoms with E-state index in [1.165, 1.54) is 12.1 Å². The third-order valence-electron chi connectivity index (χ3n) is 4.64. The van der Waals surface area contributed by atoms with Crippen LogP contribution in [0, 0.1) is 5.82 Å². The van der Waals surface area contributed by atoms with Crippen molar-refractivity contribution in [3.63, 3.8) is 0 Å². The number of halogens is 1. The molecule has 24 heavy (non-hydrogen) atoms. The Morgan fingerprint density at radius 3 is 2.62 bits per heavy atom. The first-order chi connectivity index (χ1) is 11.6. The van der Waals surface area contributed by atoms with Crippen LogP contribution in [0.1, 0.15) is 23.7 Å². The Hall–Kier alpha value is -2.69. The van der Waals surface area contributed by atoms with Crippen molar-refractivity contribution in [3.05, 3.63) is 65.7 Å². The van der Waals surface area contributed by atoms with Crippen molar-refractivity contribution in [3.8, 4) is 0 Å². The second-order valence-electron chi connectivity index (χ2n) is 6.35. The van der Waals surface area contributed by atoms with Crippen molar-refractivity contribution in [2.75, 3.05) is 13.6 Å². The number of rotatable bonds is 3. The van der Waals surface area contributed by atoms with Gasteiger partial charge < -0.3 is 9.47 Å². The third kappa shape index (κ3) is 2.56. The summed E-state index contributed by atoms with van der Waals surface area (Å²) in [6.45, 7) is 1.30. The third-order valence-corrected chi connectivity index (χ3v) is 4.64. The van der Waals surface area contributed by atoms with Crippen molar-refractivity contribution >= 4 is 16.9 Å². The van der Waals surface area contributed by atoms with Gasteiger partial charge in [-0.3, -0.25) is 4.79 Å². The van der Waals surface area contributed by atoms with Crippen LogP contribution in [-0.4, -0.2) is 34.0 Å². The van der Waals surface area contributed by atoms with Crippen LogP contribution < -0.4 is 0 Å². The summed E-state index contributed by atoms with van der Waals surface area (Å²) in [6, 6.07) is 14.5. The second kappa shape index (κ2) is 5.74. The Balaban J connectivity index is 1.78. The largest absolute Gasteiger partial charge is 0.345 e. The van der Waals surface area contributed by atoms with E-state index >= 15 is 0 Å². The van der Waals surface area contributed by atoms with Gasteiger partial charge in [-0.1, -0.05) is 24.3 Å². The summed E-state index contributed by atoms with van der Waals surface area (Å²) in [5, 5.41) is 0. The molecule has 122 valence electrons. The molecular weight excluding hydrogens is 305 g/mol. The Morgan fingerprint density at radius 1 is 1.17 bits per heavy atom. The van der Waals surface area contributed by atoms with Crippen molar-refractivity contribution in [1.29, 1.82) is 0 Å². The highest BCUT2D eigenvalue weighted by Gasteiger charge is 2.31. The zero-order chi connectivity index (χ0) is 16.7. The highest BCUT2D eigenvalue weighted by Crippen LogP contribution is 2.30. The van der Waals surface area contributed by atoms with Crippen LogP contribution in [0.5, 0.6) is 0 Å². The first-order valence-corrected chi connectivity index (χ1v) is 8.05. The van der Waals surface area contributed by atoms with Crippen molar-refractivity contribution < 1.29 is 9.18 Å². The number of nitrogens with zero attached hydrogens (tertiary/aromatic N) is 3. The Kier molecular flexibility index (Phi) is 3.56. The minimum atomic E-state index is -0.238. The summed E-state index contributed by atoms with van der Waals surface area (Å²) in [7, 11) is 1.83. The van der Waals surface area contributed by atoms with Gasteiger partial charge in [0.1, 0.15) is 11.6 Å². The molecule has 0 spiro atoms. The highest BCUT2D eigenvalue weighted by molar-refractivity contribution is 5.80. The molecule has 2 aromatic carbocycles. The zero-order valence-electron chi connectivity index (χ0n) is 13.4. The summed E-state index contributed by atoms with van der Waals surface area (Å²) >= 11 is 0. The van der Waals surface area contributed by atoms with Gasteiger partial charge in [-0.2, -0.15) is 0 Å². The number of para-hydroxylation sites is 2. The Morgan fingerprint density at radius 2 is 1.92 bits per heavy atom. The molecule has 1 fully saturated rings. The fraction of sp³-hybridized carbons (Fsp3) is 0.263. The average molecular weight is 323 g/mol.